The molecular formula is C66H46N8. The van der Waals surface area contributed by atoms with Gasteiger partial charge in [0.05, 0.1) is 55.5 Å². The molecule has 0 saturated carbocycles. The number of fused-ring (bicyclic) bond motifs is 16. The van der Waals surface area contributed by atoms with Crippen LogP contribution in [0.2, 0.25) is 0 Å². The number of imidazole rings is 2. The summed E-state index contributed by atoms with van der Waals surface area (Å²) >= 11 is 0. The molecule has 0 unspecified atom stereocenters. The summed E-state index contributed by atoms with van der Waals surface area (Å²) in [6, 6.07) is 61.2. The Labute approximate surface area is 425 Å². The van der Waals surface area contributed by atoms with Crippen LogP contribution in [0.1, 0.15) is 50.7 Å². The van der Waals surface area contributed by atoms with Crippen LogP contribution in [-0.2, 0) is 0 Å². The summed E-state index contributed by atoms with van der Waals surface area (Å²) in [5.41, 5.74) is 13.8. The molecule has 0 spiro atoms. The Balaban J connectivity index is 1.14. The molecule has 9 aromatic carbocycles. The van der Waals surface area contributed by atoms with Crippen LogP contribution in [0.25, 0.3) is 143 Å². The van der Waals surface area contributed by atoms with Crippen molar-refractivity contribution in [2.24, 2.45) is 0 Å². The summed E-state index contributed by atoms with van der Waals surface area (Å²) in [5.74, 6) is 2.32. The maximum absolute atomic E-state index is 5.89. The molecule has 8 nitrogen and oxygen atoms in total. The van der Waals surface area contributed by atoms with E-state index < -0.39 is 0 Å². The number of aromatic nitrogens is 8. The highest BCUT2D eigenvalue weighted by atomic mass is 15.1. The fourth-order valence-electron chi connectivity index (χ4n) is 12.3. The Hall–Kier alpha value is -9.40. The average molecular weight is 951 g/mol. The molecule has 0 aliphatic heterocycles. The number of benzene rings is 9. The lowest BCUT2D eigenvalue weighted by molar-refractivity contribution is 0.876. The Morgan fingerprint density at radius 3 is 0.973 bits per heavy atom. The lowest BCUT2D eigenvalue weighted by Gasteiger charge is -2.21. The monoisotopic (exact) mass is 950 g/mol. The van der Waals surface area contributed by atoms with E-state index in [1.165, 1.54) is 21.9 Å². The molecule has 6 heterocycles. The molecule has 0 saturated heterocycles. The molecule has 0 aliphatic rings. The van der Waals surface area contributed by atoms with Gasteiger partial charge in [-0.1, -0.05) is 137 Å². The molecule has 0 N–H and O–H groups in total. The van der Waals surface area contributed by atoms with Gasteiger partial charge in [-0.2, -0.15) is 0 Å². The number of rotatable bonds is 6. The number of hydrogen-bond acceptors (Lipinski definition) is 6. The molecule has 0 atom stereocenters. The van der Waals surface area contributed by atoms with E-state index in [-0.39, 0.29) is 0 Å². The topological polar surface area (TPSA) is 87.2 Å². The summed E-state index contributed by atoms with van der Waals surface area (Å²) in [6.07, 6.45) is 7.44. The Morgan fingerprint density at radius 1 is 0.284 bits per heavy atom. The molecule has 0 aliphatic carbocycles. The van der Waals surface area contributed by atoms with Crippen LogP contribution in [0.5, 0.6) is 0 Å². The van der Waals surface area contributed by atoms with Gasteiger partial charge in [-0.05, 0) is 116 Å². The predicted octanol–water partition coefficient (Wildman–Crippen LogP) is 16.8. The van der Waals surface area contributed by atoms with E-state index in [9.17, 15) is 0 Å². The highest BCUT2D eigenvalue weighted by Gasteiger charge is 2.30. The maximum atomic E-state index is 5.89. The minimum absolute atomic E-state index is 0.326. The third-order valence-electron chi connectivity index (χ3n) is 15.4. The summed E-state index contributed by atoms with van der Waals surface area (Å²) in [7, 11) is 0. The van der Waals surface area contributed by atoms with Gasteiger partial charge in [-0.25, -0.2) is 9.97 Å². The van der Waals surface area contributed by atoms with Crippen molar-refractivity contribution >= 4 is 109 Å². The summed E-state index contributed by atoms with van der Waals surface area (Å²) < 4.78 is 4.84. The smallest absolute Gasteiger partial charge is 0.147 e. The van der Waals surface area contributed by atoms with Crippen LogP contribution >= 0.6 is 0 Å². The van der Waals surface area contributed by atoms with E-state index >= 15 is 0 Å². The highest BCUT2D eigenvalue weighted by Crippen LogP contribution is 2.49. The summed E-state index contributed by atoms with van der Waals surface area (Å²) in [6.45, 7) is 9.09. The fourth-order valence-corrected chi connectivity index (χ4v) is 12.3. The minimum atomic E-state index is 0.326. The third-order valence-corrected chi connectivity index (χ3v) is 15.4. The van der Waals surface area contributed by atoms with Crippen LogP contribution in [0.4, 0.5) is 0 Å². The second kappa shape index (κ2) is 16.1. The van der Waals surface area contributed by atoms with Gasteiger partial charge in [0.1, 0.15) is 11.6 Å². The second-order valence-corrected chi connectivity index (χ2v) is 20.1. The van der Waals surface area contributed by atoms with Crippen molar-refractivity contribution in [1.82, 2.24) is 39.0 Å². The minimum Gasteiger partial charge on any atom is -0.291 e. The van der Waals surface area contributed by atoms with E-state index in [1.54, 1.807) is 0 Å². The molecule has 6 aromatic heterocycles. The van der Waals surface area contributed by atoms with Crippen molar-refractivity contribution in [2.45, 2.75) is 39.5 Å². The van der Waals surface area contributed by atoms with E-state index in [4.69, 9.17) is 29.9 Å². The number of nitrogens with zero attached hydrogens (tertiary/aromatic N) is 8. The van der Waals surface area contributed by atoms with Crippen LogP contribution in [0.3, 0.4) is 0 Å². The third kappa shape index (κ3) is 5.90. The molecule has 0 fully saturated rings. The molecule has 350 valence electrons. The molecule has 0 radical (unpaired) electrons. The molecule has 8 heteroatoms. The van der Waals surface area contributed by atoms with E-state index in [0.29, 0.717) is 11.8 Å². The Morgan fingerprint density at radius 2 is 0.595 bits per heavy atom. The van der Waals surface area contributed by atoms with Gasteiger partial charge in [-0.15, -0.1) is 0 Å². The molecule has 15 rings (SSSR count). The highest BCUT2D eigenvalue weighted by molar-refractivity contribution is 6.27. The maximum Gasteiger partial charge on any atom is 0.147 e. The van der Waals surface area contributed by atoms with Gasteiger partial charge in [0.25, 0.3) is 0 Å². The predicted molar refractivity (Wildman–Crippen MR) is 306 cm³/mol. The van der Waals surface area contributed by atoms with Crippen molar-refractivity contribution in [3.8, 4) is 34.2 Å². The van der Waals surface area contributed by atoms with Gasteiger partial charge in [0.2, 0.25) is 0 Å². The first-order valence-corrected chi connectivity index (χ1v) is 25.5. The lowest BCUT2D eigenvalue weighted by Crippen LogP contribution is -2.04. The lowest BCUT2D eigenvalue weighted by atomic mass is 9.90. The van der Waals surface area contributed by atoms with Crippen molar-refractivity contribution in [3.05, 3.63) is 206 Å². The fraction of sp³-hybridized carbons (Fsp3) is 0.0909. The standard InChI is InChI=1S/C66H46N8/c1-37(2)39-21-9-25-43-41(39)23-11-31-53(43)73-63-51-29-15-35-69-59(51)57-49(27-13-33-67-57)61(63)71-65(73)55-45-17-5-7-19-47(45)56(48-20-8-6-18-46(48)55)66-72-62-50-28-14-34-68-58(50)60-52(30-16-36-70-60)64(62)74(66)54-32-12-24-42-40(38(3)4)22-10-26-44(42)54/h5-38H,1-4H3. The van der Waals surface area contributed by atoms with Gasteiger partial charge in [-0.3, -0.25) is 29.1 Å². The zero-order valence-corrected chi connectivity index (χ0v) is 41.2. The molecule has 15 aromatic rings. The zero-order chi connectivity index (χ0) is 49.3. The van der Waals surface area contributed by atoms with Crippen molar-refractivity contribution in [2.75, 3.05) is 0 Å². The second-order valence-electron chi connectivity index (χ2n) is 20.1. The Kier molecular flexibility index (Phi) is 9.18. The van der Waals surface area contributed by atoms with Crippen molar-refractivity contribution in [1.29, 1.82) is 0 Å². The summed E-state index contributed by atoms with van der Waals surface area (Å²) in [4.78, 5) is 31.7. The average Bonchev–Trinajstić information content (AvgIpc) is 4.04. The first-order valence-electron chi connectivity index (χ1n) is 25.5. The zero-order valence-electron chi connectivity index (χ0n) is 41.2. The van der Waals surface area contributed by atoms with Crippen LogP contribution in [0, 0.1) is 0 Å². The van der Waals surface area contributed by atoms with E-state index in [0.717, 1.165) is 132 Å². The Bertz CT molecular complexity index is 4510. The first-order chi connectivity index (χ1) is 36.4. The van der Waals surface area contributed by atoms with Gasteiger partial charge < -0.3 is 0 Å². The largest absolute Gasteiger partial charge is 0.291 e. The number of hydrogen-bond donors (Lipinski definition) is 0. The molecule has 0 bridgehead atoms. The molecule has 0 amide bonds. The van der Waals surface area contributed by atoms with Crippen LogP contribution in [0.15, 0.2) is 195 Å². The van der Waals surface area contributed by atoms with Crippen LogP contribution in [-0.4, -0.2) is 39.0 Å². The number of pyridine rings is 4. The van der Waals surface area contributed by atoms with Crippen LogP contribution < -0.4 is 0 Å². The van der Waals surface area contributed by atoms with Crippen molar-refractivity contribution in [3.63, 3.8) is 0 Å². The van der Waals surface area contributed by atoms with Gasteiger partial charge in [0, 0.05) is 68.2 Å². The SMILES string of the molecule is CC(C)c1cccc2c(-n3c(-c4c5ccccc5c(-c5nc6c7cccnc7c7ncccc7c6n5-c5cccc6c(C(C)C)cccc56)c5ccccc45)nc4c5cccnc5c5ncccc5c43)cccc12. The van der Waals surface area contributed by atoms with E-state index in [1.807, 2.05) is 49.1 Å². The summed E-state index contributed by atoms with van der Waals surface area (Å²) in [5, 5.41) is 12.9. The van der Waals surface area contributed by atoms with E-state index in [2.05, 4.69) is 182 Å². The quantitative estimate of drug-likeness (QED) is 0.122. The molecule has 74 heavy (non-hydrogen) atoms. The van der Waals surface area contributed by atoms with Gasteiger partial charge >= 0.3 is 0 Å². The first kappa shape index (κ1) is 42.3. The molecular weight excluding hydrogens is 905 g/mol. The van der Waals surface area contributed by atoms with Crippen molar-refractivity contribution < 1.29 is 0 Å². The van der Waals surface area contributed by atoms with Gasteiger partial charge in [0.15, 0.2) is 0 Å². The normalized spacial score (nSPS) is 12.3.